The van der Waals surface area contributed by atoms with Gasteiger partial charge in [0.25, 0.3) is 0 Å². The maximum Gasteiger partial charge on any atom is 0.0414 e. The van der Waals surface area contributed by atoms with Crippen LogP contribution >= 0.6 is 0 Å². The molecule has 3 heteroatoms. The van der Waals surface area contributed by atoms with E-state index in [1.165, 1.54) is 70.6 Å². The van der Waals surface area contributed by atoms with Gasteiger partial charge in [-0.2, -0.15) is 0 Å². The Labute approximate surface area is 138 Å². The van der Waals surface area contributed by atoms with E-state index in [9.17, 15) is 9.90 Å². The molecular weight excluding hydrogens is 274 g/mol. The highest BCUT2D eigenvalue weighted by molar-refractivity contribution is 5.63. The van der Waals surface area contributed by atoms with Gasteiger partial charge in [-0.15, -0.1) is 0 Å². The van der Waals surface area contributed by atoms with Crippen molar-refractivity contribution in [3.05, 3.63) is 12.2 Å². The zero-order valence-corrected chi connectivity index (χ0v) is 15.1. The fraction of sp³-hybridized carbons (Fsp3) is 0.842. The van der Waals surface area contributed by atoms with Crippen molar-refractivity contribution in [2.45, 2.75) is 103 Å². The quantitative estimate of drug-likeness (QED) is 0.300. The third kappa shape index (κ3) is 21.5. The van der Waals surface area contributed by atoms with Gasteiger partial charge in [-0.25, -0.2) is 0 Å². The van der Waals surface area contributed by atoms with Gasteiger partial charge in [-0.05, 0) is 38.5 Å². The lowest BCUT2D eigenvalue weighted by atomic mass is 10.1. The van der Waals surface area contributed by atoms with Crippen LogP contribution in [0.1, 0.15) is 103 Å². The van der Waals surface area contributed by atoms with Crippen LogP contribution in [-0.4, -0.2) is 5.97 Å². The maximum absolute atomic E-state index is 10.2. The van der Waals surface area contributed by atoms with E-state index in [1.54, 1.807) is 0 Å². The highest BCUT2D eigenvalue weighted by atomic mass is 16.4. The number of carbonyl (C=O) groups excluding carboxylic acids is 1. The number of aliphatic carboxylic acids is 1. The van der Waals surface area contributed by atoms with E-state index in [-0.39, 0.29) is 12.6 Å². The number of hydrogen-bond donors (Lipinski definition) is 1. The molecular formula is C19H39NO2. The van der Waals surface area contributed by atoms with Crippen molar-refractivity contribution in [3.63, 3.8) is 0 Å². The van der Waals surface area contributed by atoms with Crippen LogP contribution in [0.4, 0.5) is 0 Å². The predicted octanol–water partition coefficient (Wildman–Crippen LogP) is 5.54. The number of unbranched alkanes of at least 4 members (excludes halogenated alkanes) is 12. The Kier molecular flexibility index (Phi) is 21.5. The van der Waals surface area contributed by atoms with Gasteiger partial charge < -0.3 is 16.1 Å². The topological polar surface area (TPSA) is 76.6 Å². The molecule has 0 fully saturated rings. The van der Waals surface area contributed by atoms with Crippen molar-refractivity contribution in [2.75, 3.05) is 0 Å². The summed E-state index contributed by atoms with van der Waals surface area (Å²) in [4.78, 5) is 10.2. The lowest BCUT2D eigenvalue weighted by Crippen LogP contribution is -2.21. The van der Waals surface area contributed by atoms with E-state index in [1.807, 2.05) is 0 Å². The standard InChI is InChI=1S/C19H36O2.H3N/c1-2-3-4-5-6-7-8-9-10-11-12-13-14-15-16-17-18-19(20)21;/h9-10H,2-8,11-18H2,1H3,(H,20,21);1H3/b10-9-;. The minimum Gasteiger partial charge on any atom is -0.550 e. The normalized spacial score (nSPS) is 10.8. The van der Waals surface area contributed by atoms with Crippen LogP contribution in [0.2, 0.25) is 0 Å². The Morgan fingerprint density at radius 1 is 0.727 bits per heavy atom. The molecule has 0 heterocycles. The summed E-state index contributed by atoms with van der Waals surface area (Å²) < 4.78 is 0. The van der Waals surface area contributed by atoms with Crippen molar-refractivity contribution in [1.29, 1.82) is 0 Å². The van der Waals surface area contributed by atoms with Gasteiger partial charge in [0.2, 0.25) is 0 Å². The van der Waals surface area contributed by atoms with Gasteiger partial charge in [0, 0.05) is 5.97 Å². The highest BCUT2D eigenvalue weighted by Gasteiger charge is 1.92. The van der Waals surface area contributed by atoms with Crippen LogP contribution in [0, 0.1) is 0 Å². The number of quaternary nitrogens is 1. The van der Waals surface area contributed by atoms with Crippen LogP contribution in [0.25, 0.3) is 0 Å². The Morgan fingerprint density at radius 3 is 1.59 bits per heavy atom. The molecule has 22 heavy (non-hydrogen) atoms. The van der Waals surface area contributed by atoms with Gasteiger partial charge in [0.05, 0.1) is 0 Å². The summed E-state index contributed by atoms with van der Waals surface area (Å²) in [6.07, 6.45) is 22.4. The number of carboxylic acid groups (broad SMARTS) is 1. The molecule has 0 radical (unpaired) electrons. The summed E-state index contributed by atoms with van der Waals surface area (Å²) in [5.41, 5.74) is 0. The first-order valence-electron chi connectivity index (χ1n) is 9.12. The zero-order valence-electron chi connectivity index (χ0n) is 15.1. The fourth-order valence-corrected chi connectivity index (χ4v) is 2.52. The summed E-state index contributed by atoms with van der Waals surface area (Å²) in [6.45, 7) is 2.26. The largest absolute Gasteiger partial charge is 0.550 e. The Bertz CT molecular complexity index is 252. The average molecular weight is 314 g/mol. The minimum atomic E-state index is -0.912. The SMILES string of the molecule is CCCCCCCC/C=C\CCCCCCCCC(=O)[O-].[NH4+]. The molecule has 0 bridgehead atoms. The van der Waals surface area contributed by atoms with Crippen LogP contribution in [-0.2, 0) is 4.79 Å². The smallest absolute Gasteiger partial charge is 0.0414 e. The Hall–Kier alpha value is -0.830. The Balaban J connectivity index is 0. The summed E-state index contributed by atoms with van der Waals surface area (Å²) in [5, 5.41) is 10.2. The molecule has 0 aromatic heterocycles. The summed E-state index contributed by atoms with van der Waals surface area (Å²) in [7, 11) is 0. The van der Waals surface area contributed by atoms with E-state index >= 15 is 0 Å². The molecule has 0 atom stereocenters. The van der Waals surface area contributed by atoms with Crippen molar-refractivity contribution < 1.29 is 9.90 Å². The van der Waals surface area contributed by atoms with Crippen molar-refractivity contribution >= 4 is 5.97 Å². The van der Waals surface area contributed by atoms with Gasteiger partial charge >= 0.3 is 0 Å². The third-order valence-electron chi connectivity index (χ3n) is 3.89. The molecule has 0 aliphatic rings. The molecule has 0 saturated heterocycles. The van der Waals surface area contributed by atoms with Gasteiger partial charge in [-0.1, -0.05) is 76.9 Å². The van der Waals surface area contributed by atoms with E-state index in [2.05, 4.69) is 19.1 Å². The molecule has 0 aromatic carbocycles. The second kappa shape index (κ2) is 20.2. The first-order chi connectivity index (χ1) is 10.3. The number of rotatable bonds is 16. The molecule has 0 aliphatic carbocycles. The predicted molar refractivity (Wildman–Crippen MR) is 95.1 cm³/mol. The van der Waals surface area contributed by atoms with E-state index in [0.29, 0.717) is 0 Å². The fourth-order valence-electron chi connectivity index (χ4n) is 2.52. The van der Waals surface area contributed by atoms with Crippen LogP contribution in [0.15, 0.2) is 12.2 Å². The number of hydrogen-bond acceptors (Lipinski definition) is 2. The average Bonchev–Trinajstić information content (AvgIpc) is 2.46. The number of allylic oxidation sites excluding steroid dienone is 2. The highest BCUT2D eigenvalue weighted by Crippen LogP contribution is 2.10. The van der Waals surface area contributed by atoms with E-state index in [4.69, 9.17) is 0 Å². The zero-order chi connectivity index (χ0) is 15.6. The summed E-state index contributed by atoms with van der Waals surface area (Å²) >= 11 is 0. The molecule has 132 valence electrons. The minimum absolute atomic E-state index is 0. The van der Waals surface area contributed by atoms with Crippen molar-refractivity contribution in [3.8, 4) is 0 Å². The first-order valence-corrected chi connectivity index (χ1v) is 9.12. The summed E-state index contributed by atoms with van der Waals surface area (Å²) in [6, 6.07) is 0. The van der Waals surface area contributed by atoms with Crippen molar-refractivity contribution in [1.82, 2.24) is 6.15 Å². The molecule has 0 rings (SSSR count). The maximum atomic E-state index is 10.2. The second-order valence-corrected chi connectivity index (χ2v) is 6.06. The number of carboxylic acids is 1. The lowest BCUT2D eigenvalue weighted by molar-refractivity contribution is -0.305. The summed E-state index contributed by atoms with van der Waals surface area (Å²) in [5.74, 6) is -0.912. The molecule has 0 aliphatic heterocycles. The molecule has 4 N–H and O–H groups in total. The molecule has 0 amide bonds. The van der Waals surface area contributed by atoms with Crippen molar-refractivity contribution in [2.24, 2.45) is 0 Å². The number of carbonyl (C=O) groups is 1. The van der Waals surface area contributed by atoms with E-state index < -0.39 is 5.97 Å². The third-order valence-corrected chi connectivity index (χ3v) is 3.89. The van der Waals surface area contributed by atoms with Crippen LogP contribution in [0.5, 0.6) is 0 Å². The second-order valence-electron chi connectivity index (χ2n) is 6.06. The van der Waals surface area contributed by atoms with Crippen LogP contribution in [0.3, 0.4) is 0 Å². The lowest BCUT2D eigenvalue weighted by Gasteiger charge is -2.02. The molecule has 0 spiro atoms. The van der Waals surface area contributed by atoms with E-state index in [0.717, 1.165) is 19.3 Å². The van der Waals surface area contributed by atoms with Crippen LogP contribution < -0.4 is 11.3 Å². The van der Waals surface area contributed by atoms with Gasteiger partial charge in [-0.3, -0.25) is 0 Å². The molecule has 0 aromatic rings. The van der Waals surface area contributed by atoms with Gasteiger partial charge in [0.1, 0.15) is 0 Å². The monoisotopic (exact) mass is 313 g/mol. The molecule has 3 nitrogen and oxygen atoms in total. The molecule has 0 unspecified atom stereocenters. The van der Waals surface area contributed by atoms with Gasteiger partial charge in [0.15, 0.2) is 0 Å². The molecule has 0 saturated carbocycles. The first kappa shape index (κ1) is 23.4. The Morgan fingerprint density at radius 2 is 1.14 bits per heavy atom.